The van der Waals surface area contributed by atoms with Crippen molar-refractivity contribution in [2.75, 3.05) is 25.0 Å². The van der Waals surface area contributed by atoms with E-state index in [0.29, 0.717) is 23.7 Å². The fourth-order valence-corrected chi connectivity index (χ4v) is 5.74. The summed E-state index contributed by atoms with van der Waals surface area (Å²) in [5.41, 5.74) is 3.88. The Labute approximate surface area is 203 Å². The van der Waals surface area contributed by atoms with E-state index in [-0.39, 0.29) is 12.0 Å². The van der Waals surface area contributed by atoms with E-state index >= 15 is 0 Å². The molecule has 180 valence electrons. The third-order valence-corrected chi connectivity index (χ3v) is 8.17. The smallest absolute Gasteiger partial charge is 0.243 e. The zero-order valence-corrected chi connectivity index (χ0v) is 21.6. The van der Waals surface area contributed by atoms with Crippen LogP contribution in [0.2, 0.25) is 0 Å². The van der Waals surface area contributed by atoms with Crippen molar-refractivity contribution in [3.05, 3.63) is 71.4 Å². The predicted molar refractivity (Wildman–Crippen MR) is 137 cm³/mol. The number of fused-ring (bicyclic) bond motifs is 1. The maximum absolute atomic E-state index is 13.5. The molecule has 2 aromatic carbocycles. The molecule has 0 aliphatic carbocycles. The number of hydrogen-bond acceptors (Lipinski definition) is 5. The van der Waals surface area contributed by atoms with Crippen molar-refractivity contribution < 1.29 is 8.42 Å². The van der Waals surface area contributed by atoms with E-state index < -0.39 is 10.0 Å². The molecule has 1 aliphatic rings. The van der Waals surface area contributed by atoms with Gasteiger partial charge in [0, 0.05) is 44.2 Å². The maximum Gasteiger partial charge on any atom is 0.243 e. The van der Waals surface area contributed by atoms with Gasteiger partial charge < -0.3 is 4.90 Å². The minimum Gasteiger partial charge on any atom is -0.359 e. The zero-order chi connectivity index (χ0) is 24.5. The molecule has 4 rings (SSSR count). The van der Waals surface area contributed by atoms with Gasteiger partial charge in [0.1, 0.15) is 5.82 Å². The molecule has 0 bridgehead atoms. The SMILES string of the molecule is CCCN(C)c1nc(-c2ccccc2)nc2c1CN(S(=O)(=O)c1ccc(C(C)(C)C)cc1)CC2. The number of sulfonamides is 1. The van der Waals surface area contributed by atoms with E-state index in [0.717, 1.165) is 41.2 Å². The van der Waals surface area contributed by atoms with Crippen LogP contribution in [-0.4, -0.2) is 42.8 Å². The van der Waals surface area contributed by atoms with E-state index in [1.165, 1.54) is 0 Å². The molecule has 0 spiro atoms. The number of hydrogen-bond donors (Lipinski definition) is 0. The highest BCUT2D eigenvalue weighted by Crippen LogP contribution is 2.32. The molecule has 0 atom stereocenters. The van der Waals surface area contributed by atoms with Gasteiger partial charge in [-0.1, -0.05) is 70.2 Å². The van der Waals surface area contributed by atoms with Crippen LogP contribution in [0.5, 0.6) is 0 Å². The van der Waals surface area contributed by atoms with Crippen LogP contribution in [0.1, 0.15) is 50.9 Å². The van der Waals surface area contributed by atoms with Crippen molar-refractivity contribution in [1.29, 1.82) is 0 Å². The second kappa shape index (κ2) is 9.47. The van der Waals surface area contributed by atoms with Crippen LogP contribution in [0.25, 0.3) is 11.4 Å². The van der Waals surface area contributed by atoms with Crippen molar-refractivity contribution >= 4 is 15.8 Å². The van der Waals surface area contributed by atoms with Crippen molar-refractivity contribution in [3.63, 3.8) is 0 Å². The van der Waals surface area contributed by atoms with Gasteiger partial charge in [0.15, 0.2) is 5.82 Å². The number of nitrogens with zero attached hydrogens (tertiary/aromatic N) is 4. The Bertz CT molecular complexity index is 1250. The Hall–Kier alpha value is -2.77. The molecular formula is C27H34N4O2S. The lowest BCUT2D eigenvalue weighted by atomic mass is 9.87. The first-order valence-electron chi connectivity index (χ1n) is 11.9. The first-order valence-corrected chi connectivity index (χ1v) is 13.3. The van der Waals surface area contributed by atoms with Crippen molar-refractivity contribution in [2.45, 2.75) is 57.4 Å². The minimum atomic E-state index is -3.62. The Balaban J connectivity index is 1.70. The predicted octanol–water partition coefficient (Wildman–Crippen LogP) is 5.03. The number of rotatable bonds is 6. The lowest BCUT2D eigenvalue weighted by Gasteiger charge is -2.31. The van der Waals surface area contributed by atoms with Crippen molar-refractivity contribution in [2.24, 2.45) is 0 Å². The van der Waals surface area contributed by atoms with Gasteiger partial charge in [-0.25, -0.2) is 18.4 Å². The molecule has 0 saturated heterocycles. The highest BCUT2D eigenvalue weighted by Gasteiger charge is 2.32. The van der Waals surface area contributed by atoms with Gasteiger partial charge in [-0.2, -0.15) is 4.31 Å². The molecule has 0 saturated carbocycles. The van der Waals surface area contributed by atoms with Crippen LogP contribution in [0.15, 0.2) is 59.5 Å². The summed E-state index contributed by atoms with van der Waals surface area (Å²) >= 11 is 0. The fraction of sp³-hybridized carbons (Fsp3) is 0.407. The van der Waals surface area contributed by atoms with Gasteiger partial charge in [-0.05, 0) is 29.5 Å². The van der Waals surface area contributed by atoms with Gasteiger partial charge in [-0.15, -0.1) is 0 Å². The first-order chi connectivity index (χ1) is 16.1. The Morgan fingerprint density at radius 3 is 2.29 bits per heavy atom. The molecule has 1 aromatic heterocycles. The topological polar surface area (TPSA) is 66.4 Å². The van der Waals surface area contributed by atoms with Crippen molar-refractivity contribution in [1.82, 2.24) is 14.3 Å². The summed E-state index contributed by atoms with van der Waals surface area (Å²) in [7, 11) is -1.61. The Morgan fingerprint density at radius 1 is 1.00 bits per heavy atom. The molecule has 0 fully saturated rings. The Kier molecular flexibility index (Phi) is 6.78. The summed E-state index contributed by atoms with van der Waals surface area (Å²) in [6.45, 7) is 10.00. The maximum atomic E-state index is 13.5. The number of benzene rings is 2. The lowest BCUT2D eigenvalue weighted by molar-refractivity contribution is 0.387. The zero-order valence-electron chi connectivity index (χ0n) is 20.7. The van der Waals surface area contributed by atoms with Gasteiger partial charge >= 0.3 is 0 Å². The molecule has 34 heavy (non-hydrogen) atoms. The Morgan fingerprint density at radius 2 is 1.68 bits per heavy atom. The van der Waals surface area contributed by atoms with Crippen LogP contribution >= 0.6 is 0 Å². The van der Waals surface area contributed by atoms with E-state index in [9.17, 15) is 8.42 Å². The van der Waals surface area contributed by atoms with Crippen LogP contribution in [0, 0.1) is 0 Å². The second-order valence-corrected chi connectivity index (χ2v) is 11.9. The third kappa shape index (κ3) is 4.86. The van der Waals surface area contributed by atoms with Crippen LogP contribution < -0.4 is 4.90 Å². The molecule has 3 aromatic rings. The normalized spacial score (nSPS) is 14.6. The summed E-state index contributed by atoms with van der Waals surface area (Å²) in [6, 6.07) is 17.2. The monoisotopic (exact) mass is 478 g/mol. The highest BCUT2D eigenvalue weighted by molar-refractivity contribution is 7.89. The number of aromatic nitrogens is 2. The second-order valence-electron chi connectivity index (χ2n) is 9.95. The quantitative estimate of drug-likeness (QED) is 0.497. The first kappa shape index (κ1) is 24.4. The summed E-state index contributed by atoms with van der Waals surface area (Å²) in [6.07, 6.45) is 1.53. The average molecular weight is 479 g/mol. The van der Waals surface area contributed by atoms with E-state index in [1.54, 1.807) is 16.4 Å². The van der Waals surface area contributed by atoms with Gasteiger partial charge in [-0.3, -0.25) is 0 Å². The molecule has 0 unspecified atom stereocenters. The van der Waals surface area contributed by atoms with E-state index in [2.05, 4.69) is 32.6 Å². The average Bonchev–Trinajstić information content (AvgIpc) is 2.83. The summed E-state index contributed by atoms with van der Waals surface area (Å²) in [5.74, 6) is 1.50. The minimum absolute atomic E-state index is 0.0288. The number of anilines is 1. The fourth-order valence-electron chi connectivity index (χ4n) is 4.33. The molecule has 2 heterocycles. The molecule has 1 aliphatic heterocycles. The van der Waals surface area contributed by atoms with Crippen LogP contribution in [0.3, 0.4) is 0 Å². The largest absolute Gasteiger partial charge is 0.359 e. The standard InChI is InChI=1S/C27H34N4O2S/c1-6-17-30(5)26-23-19-31(34(32,33)22-14-12-21(13-15-22)27(2,3)4)18-16-24(23)28-25(29-26)20-10-8-7-9-11-20/h7-15H,6,16-19H2,1-5H3. The van der Waals surface area contributed by atoms with Crippen molar-refractivity contribution in [3.8, 4) is 11.4 Å². The van der Waals surface area contributed by atoms with Gasteiger partial charge in [0.05, 0.1) is 10.6 Å². The van der Waals surface area contributed by atoms with Gasteiger partial charge in [0.25, 0.3) is 0 Å². The summed E-state index contributed by atoms with van der Waals surface area (Å²) < 4.78 is 28.6. The van der Waals surface area contributed by atoms with Gasteiger partial charge in [0.2, 0.25) is 10.0 Å². The molecule has 7 heteroatoms. The molecule has 6 nitrogen and oxygen atoms in total. The summed E-state index contributed by atoms with van der Waals surface area (Å²) in [4.78, 5) is 12.2. The summed E-state index contributed by atoms with van der Waals surface area (Å²) in [5, 5.41) is 0. The molecular weight excluding hydrogens is 444 g/mol. The van der Waals surface area contributed by atoms with Crippen LogP contribution in [0.4, 0.5) is 5.82 Å². The third-order valence-electron chi connectivity index (χ3n) is 6.31. The molecule has 0 N–H and O–H groups in total. The van der Waals surface area contributed by atoms with E-state index in [1.807, 2.05) is 49.5 Å². The lowest BCUT2D eigenvalue weighted by Crippen LogP contribution is -2.38. The molecule has 0 radical (unpaired) electrons. The van der Waals surface area contributed by atoms with E-state index in [4.69, 9.17) is 9.97 Å². The molecule has 0 amide bonds. The van der Waals surface area contributed by atoms with Crippen LogP contribution in [-0.2, 0) is 28.4 Å². The highest BCUT2D eigenvalue weighted by atomic mass is 32.2.